The topological polar surface area (TPSA) is 76.0 Å². The van der Waals surface area contributed by atoms with Gasteiger partial charge in [0.15, 0.2) is 11.5 Å². The highest BCUT2D eigenvalue weighted by Crippen LogP contribution is 2.33. The van der Waals surface area contributed by atoms with Crippen LogP contribution in [-0.2, 0) is 4.79 Å². The number of carboxylic acid groups (broad SMARTS) is 1. The molecule has 1 aliphatic heterocycles. The molecule has 17 heavy (non-hydrogen) atoms. The fourth-order valence-electron chi connectivity index (χ4n) is 1.69. The largest absolute Gasteiger partial charge is 0.486 e. The Bertz CT molecular complexity index is 415. The minimum absolute atomic E-state index is 0.0599. The van der Waals surface area contributed by atoms with E-state index in [2.05, 4.69) is 0 Å². The SMILES string of the molecule is O=C(O)CCC(O)c1ccc2c(c1)OCCO2. The van der Waals surface area contributed by atoms with Gasteiger partial charge in [-0.05, 0) is 24.1 Å². The summed E-state index contributed by atoms with van der Waals surface area (Å²) in [4.78, 5) is 10.4. The number of hydrogen-bond acceptors (Lipinski definition) is 4. The van der Waals surface area contributed by atoms with Gasteiger partial charge in [-0.15, -0.1) is 0 Å². The molecule has 1 unspecified atom stereocenters. The molecule has 5 heteroatoms. The Balaban J connectivity index is 2.08. The third-order valence-corrected chi connectivity index (χ3v) is 2.58. The number of carboxylic acids is 1. The maximum absolute atomic E-state index is 10.4. The predicted molar refractivity (Wildman–Crippen MR) is 59.3 cm³/mol. The highest BCUT2D eigenvalue weighted by molar-refractivity contribution is 5.66. The van der Waals surface area contributed by atoms with Crippen molar-refractivity contribution in [3.63, 3.8) is 0 Å². The van der Waals surface area contributed by atoms with E-state index >= 15 is 0 Å². The summed E-state index contributed by atoms with van der Waals surface area (Å²) in [6, 6.07) is 5.15. The average molecular weight is 238 g/mol. The van der Waals surface area contributed by atoms with Crippen LogP contribution in [0.2, 0.25) is 0 Å². The van der Waals surface area contributed by atoms with Crippen molar-refractivity contribution in [2.75, 3.05) is 13.2 Å². The third kappa shape index (κ3) is 2.88. The average Bonchev–Trinajstić information content (AvgIpc) is 2.35. The van der Waals surface area contributed by atoms with Crippen LogP contribution in [0, 0.1) is 0 Å². The second-order valence-electron chi connectivity index (χ2n) is 3.85. The molecule has 1 aromatic carbocycles. The summed E-state index contributed by atoms with van der Waals surface area (Å²) in [6.07, 6.45) is -0.660. The molecule has 1 aliphatic rings. The lowest BCUT2D eigenvalue weighted by molar-refractivity contribution is -0.137. The van der Waals surface area contributed by atoms with Crippen molar-refractivity contribution in [2.45, 2.75) is 18.9 Å². The fourth-order valence-corrected chi connectivity index (χ4v) is 1.69. The summed E-state index contributed by atoms with van der Waals surface area (Å²) in [5.74, 6) is 0.343. The van der Waals surface area contributed by atoms with Crippen LogP contribution < -0.4 is 9.47 Å². The molecule has 0 radical (unpaired) electrons. The van der Waals surface area contributed by atoms with Crippen LogP contribution in [0.4, 0.5) is 0 Å². The standard InChI is InChI=1S/C12H14O5/c13-9(2-4-12(14)15)8-1-3-10-11(7-8)17-6-5-16-10/h1,3,7,9,13H,2,4-6H2,(H,14,15). The van der Waals surface area contributed by atoms with Crippen molar-refractivity contribution in [1.82, 2.24) is 0 Å². The molecule has 0 saturated carbocycles. The molecule has 0 aliphatic carbocycles. The minimum atomic E-state index is -0.915. The first-order chi connectivity index (χ1) is 8.16. The Labute approximate surface area is 98.6 Å². The maximum atomic E-state index is 10.4. The number of aliphatic hydroxyl groups is 1. The van der Waals surface area contributed by atoms with Gasteiger partial charge in [-0.25, -0.2) is 0 Å². The summed E-state index contributed by atoms with van der Waals surface area (Å²) < 4.78 is 10.7. The second kappa shape index (κ2) is 5.05. The Morgan fingerprint density at radius 3 is 2.71 bits per heavy atom. The highest BCUT2D eigenvalue weighted by Gasteiger charge is 2.15. The monoisotopic (exact) mass is 238 g/mol. The van der Waals surface area contributed by atoms with Crippen LogP contribution in [0.5, 0.6) is 11.5 Å². The number of ether oxygens (including phenoxy) is 2. The van der Waals surface area contributed by atoms with E-state index in [4.69, 9.17) is 14.6 Å². The first-order valence-corrected chi connectivity index (χ1v) is 5.46. The van der Waals surface area contributed by atoms with Gasteiger partial charge in [0.05, 0.1) is 6.10 Å². The van der Waals surface area contributed by atoms with Gasteiger partial charge in [0.25, 0.3) is 0 Å². The zero-order valence-electron chi connectivity index (χ0n) is 9.26. The van der Waals surface area contributed by atoms with Crippen LogP contribution in [0.3, 0.4) is 0 Å². The number of aliphatic carboxylic acids is 1. The van der Waals surface area contributed by atoms with Crippen molar-refractivity contribution < 1.29 is 24.5 Å². The molecule has 1 atom stereocenters. The summed E-state index contributed by atoms with van der Waals surface area (Å²) in [7, 11) is 0. The van der Waals surface area contributed by atoms with Crippen molar-refractivity contribution in [3.8, 4) is 11.5 Å². The van der Waals surface area contributed by atoms with E-state index in [1.165, 1.54) is 0 Å². The van der Waals surface area contributed by atoms with E-state index in [1.807, 2.05) is 0 Å². The predicted octanol–water partition coefficient (Wildman–Crippen LogP) is 1.36. The summed E-state index contributed by atoms with van der Waals surface area (Å²) in [5.41, 5.74) is 0.649. The van der Waals surface area contributed by atoms with Crippen molar-refractivity contribution in [3.05, 3.63) is 23.8 Å². The molecule has 2 N–H and O–H groups in total. The maximum Gasteiger partial charge on any atom is 0.303 e. The van der Waals surface area contributed by atoms with Crippen molar-refractivity contribution >= 4 is 5.97 Å². The van der Waals surface area contributed by atoms with Gasteiger partial charge in [0.2, 0.25) is 0 Å². The molecular weight excluding hydrogens is 224 g/mol. The second-order valence-corrected chi connectivity index (χ2v) is 3.85. The molecule has 1 heterocycles. The Kier molecular flexibility index (Phi) is 3.49. The molecule has 92 valence electrons. The Morgan fingerprint density at radius 2 is 2.00 bits per heavy atom. The first-order valence-electron chi connectivity index (χ1n) is 5.46. The van der Waals surface area contributed by atoms with E-state index in [-0.39, 0.29) is 12.8 Å². The molecule has 0 spiro atoms. The van der Waals surface area contributed by atoms with Gasteiger partial charge in [-0.3, -0.25) is 4.79 Å². The van der Waals surface area contributed by atoms with Gasteiger partial charge in [-0.2, -0.15) is 0 Å². The first kappa shape index (κ1) is 11.7. The lowest BCUT2D eigenvalue weighted by Gasteiger charge is -2.20. The third-order valence-electron chi connectivity index (χ3n) is 2.58. The Hall–Kier alpha value is -1.75. The molecule has 0 saturated heterocycles. The van der Waals surface area contributed by atoms with Gasteiger partial charge < -0.3 is 19.7 Å². The van der Waals surface area contributed by atoms with E-state index in [0.717, 1.165) is 0 Å². The quantitative estimate of drug-likeness (QED) is 0.828. The molecule has 1 aromatic rings. The summed E-state index contributed by atoms with van der Waals surface area (Å²) in [6.45, 7) is 1.01. The molecule has 2 rings (SSSR count). The zero-order chi connectivity index (χ0) is 12.3. The van der Waals surface area contributed by atoms with E-state index in [0.29, 0.717) is 30.3 Å². The molecule has 5 nitrogen and oxygen atoms in total. The van der Waals surface area contributed by atoms with Crippen LogP contribution in [0.1, 0.15) is 24.5 Å². The van der Waals surface area contributed by atoms with E-state index in [1.54, 1.807) is 18.2 Å². The number of aliphatic hydroxyl groups excluding tert-OH is 1. The lowest BCUT2D eigenvalue weighted by Crippen LogP contribution is -2.15. The molecule has 0 aromatic heterocycles. The van der Waals surface area contributed by atoms with Gasteiger partial charge in [0.1, 0.15) is 13.2 Å². The van der Waals surface area contributed by atoms with Crippen LogP contribution in [0.25, 0.3) is 0 Å². The smallest absolute Gasteiger partial charge is 0.303 e. The van der Waals surface area contributed by atoms with E-state index < -0.39 is 12.1 Å². The van der Waals surface area contributed by atoms with E-state index in [9.17, 15) is 9.90 Å². The number of carbonyl (C=O) groups is 1. The van der Waals surface area contributed by atoms with Crippen LogP contribution >= 0.6 is 0 Å². The minimum Gasteiger partial charge on any atom is -0.486 e. The molecular formula is C12H14O5. The van der Waals surface area contributed by atoms with Crippen LogP contribution in [-0.4, -0.2) is 29.4 Å². The van der Waals surface area contributed by atoms with Gasteiger partial charge >= 0.3 is 5.97 Å². The number of fused-ring (bicyclic) bond motifs is 1. The zero-order valence-corrected chi connectivity index (χ0v) is 9.26. The highest BCUT2D eigenvalue weighted by atomic mass is 16.6. The van der Waals surface area contributed by atoms with Gasteiger partial charge in [0, 0.05) is 6.42 Å². The van der Waals surface area contributed by atoms with Gasteiger partial charge in [-0.1, -0.05) is 6.07 Å². The van der Waals surface area contributed by atoms with Crippen molar-refractivity contribution in [2.24, 2.45) is 0 Å². The summed E-state index contributed by atoms with van der Waals surface area (Å²) >= 11 is 0. The molecule has 0 amide bonds. The fraction of sp³-hybridized carbons (Fsp3) is 0.417. The molecule has 0 fully saturated rings. The lowest BCUT2D eigenvalue weighted by atomic mass is 10.0. The van der Waals surface area contributed by atoms with Crippen molar-refractivity contribution in [1.29, 1.82) is 0 Å². The Morgan fingerprint density at radius 1 is 1.29 bits per heavy atom. The molecule has 0 bridgehead atoms. The number of hydrogen-bond donors (Lipinski definition) is 2. The van der Waals surface area contributed by atoms with Crippen LogP contribution in [0.15, 0.2) is 18.2 Å². The number of benzene rings is 1. The normalized spacial score (nSPS) is 15.4. The summed E-state index contributed by atoms with van der Waals surface area (Å²) in [5, 5.41) is 18.4. The number of rotatable bonds is 4.